The summed E-state index contributed by atoms with van der Waals surface area (Å²) in [5, 5.41) is 12.9. The fourth-order valence-electron chi connectivity index (χ4n) is 2.92. The van der Waals surface area contributed by atoms with Crippen molar-refractivity contribution < 1.29 is 14.6 Å². The van der Waals surface area contributed by atoms with Crippen LogP contribution in [0.15, 0.2) is 30.3 Å². The Morgan fingerprint density at radius 2 is 2.09 bits per heavy atom. The molecule has 0 amide bonds. The van der Waals surface area contributed by atoms with Crippen LogP contribution in [0.2, 0.25) is 0 Å². The largest absolute Gasteiger partial charge is 0.462 e. The van der Waals surface area contributed by atoms with E-state index in [-0.39, 0.29) is 18.7 Å². The molecule has 0 bridgehead atoms. The minimum absolute atomic E-state index is 0.0767. The van der Waals surface area contributed by atoms with E-state index in [4.69, 9.17) is 4.74 Å². The summed E-state index contributed by atoms with van der Waals surface area (Å²) < 4.78 is 6.26. The predicted molar refractivity (Wildman–Crippen MR) is 95.3 cm³/mol. The number of aliphatic hydroxyl groups is 1. The van der Waals surface area contributed by atoms with Crippen molar-refractivity contribution in [1.82, 2.24) is 5.32 Å². The molecule has 1 aliphatic carbocycles. The second kappa shape index (κ2) is 8.84. The van der Waals surface area contributed by atoms with Crippen LogP contribution in [-0.4, -0.2) is 40.8 Å². The Morgan fingerprint density at radius 1 is 1.36 bits per heavy atom. The summed E-state index contributed by atoms with van der Waals surface area (Å²) in [6.45, 7) is -0.224. The monoisotopic (exact) mass is 417 g/mol. The van der Waals surface area contributed by atoms with Gasteiger partial charge in [-0.15, -0.1) is 0 Å². The van der Waals surface area contributed by atoms with Crippen molar-refractivity contribution in [2.75, 3.05) is 13.7 Å². The Balaban J connectivity index is 2.02. The second-order valence-electron chi connectivity index (χ2n) is 5.84. The number of halogens is 1. The van der Waals surface area contributed by atoms with Crippen molar-refractivity contribution in [3.63, 3.8) is 0 Å². The molecule has 1 fully saturated rings. The van der Waals surface area contributed by atoms with Crippen LogP contribution < -0.4 is 5.32 Å². The minimum atomic E-state index is -0.592. The molecule has 0 saturated heterocycles. The number of hydrogen-bond donors (Lipinski definition) is 2. The first-order valence-corrected chi connectivity index (χ1v) is 9.06. The molecule has 1 saturated carbocycles. The highest BCUT2D eigenvalue weighted by atomic mass is 127. The van der Waals surface area contributed by atoms with Crippen LogP contribution in [-0.2, 0) is 9.53 Å². The molecule has 22 heavy (non-hydrogen) atoms. The van der Waals surface area contributed by atoms with Gasteiger partial charge in [0.05, 0.1) is 6.61 Å². The number of benzene rings is 1. The van der Waals surface area contributed by atoms with Gasteiger partial charge in [0.25, 0.3) is 0 Å². The van der Waals surface area contributed by atoms with Gasteiger partial charge in [-0.25, -0.2) is 0 Å². The number of hydrogen-bond acceptors (Lipinski definition) is 4. The molecule has 122 valence electrons. The van der Waals surface area contributed by atoms with Crippen LogP contribution in [0.3, 0.4) is 0 Å². The molecule has 0 heterocycles. The molecular formula is C17H24INO3. The van der Waals surface area contributed by atoms with Crippen molar-refractivity contribution in [2.24, 2.45) is 0 Å². The first-order chi connectivity index (χ1) is 10.6. The molecule has 1 aromatic rings. The average Bonchev–Trinajstić information content (AvgIpc) is 2.70. The summed E-state index contributed by atoms with van der Waals surface area (Å²) in [6.07, 6.45) is 3.90. The summed E-state index contributed by atoms with van der Waals surface area (Å²) in [7, 11) is 1.96. The van der Waals surface area contributed by atoms with Crippen LogP contribution in [0.25, 0.3) is 0 Å². The van der Waals surface area contributed by atoms with E-state index in [0.717, 1.165) is 31.2 Å². The van der Waals surface area contributed by atoms with Gasteiger partial charge in [0.1, 0.15) is 12.0 Å². The van der Waals surface area contributed by atoms with Crippen molar-refractivity contribution >= 4 is 28.6 Å². The van der Waals surface area contributed by atoms with Gasteiger partial charge in [0, 0.05) is 9.97 Å². The van der Waals surface area contributed by atoms with E-state index in [9.17, 15) is 9.90 Å². The molecular weight excluding hydrogens is 393 g/mol. The summed E-state index contributed by atoms with van der Waals surface area (Å²) >= 11 is 2.44. The van der Waals surface area contributed by atoms with Gasteiger partial charge in [0.15, 0.2) is 0 Å². The van der Waals surface area contributed by atoms with Crippen LogP contribution in [0.1, 0.15) is 37.2 Å². The summed E-state index contributed by atoms with van der Waals surface area (Å²) in [5.41, 5.74) is 0.805. The maximum atomic E-state index is 12.5. The fraction of sp³-hybridized carbons (Fsp3) is 0.588. The maximum absolute atomic E-state index is 12.5. The van der Waals surface area contributed by atoms with E-state index >= 15 is 0 Å². The van der Waals surface area contributed by atoms with E-state index in [1.54, 1.807) is 0 Å². The van der Waals surface area contributed by atoms with E-state index < -0.39 is 5.92 Å². The molecule has 0 aliphatic heterocycles. The Labute approximate surface area is 145 Å². The van der Waals surface area contributed by atoms with Gasteiger partial charge in [-0.1, -0.05) is 52.9 Å². The molecule has 1 aliphatic rings. The van der Waals surface area contributed by atoms with E-state index in [2.05, 4.69) is 27.9 Å². The molecule has 1 unspecified atom stereocenters. The Bertz CT molecular complexity index is 468. The number of aliphatic hydroxyl groups excluding tert-OH is 1. The van der Waals surface area contributed by atoms with Crippen LogP contribution in [0, 0.1) is 0 Å². The SMILES string of the molecule is CN[C@@H]1CC[C@H](I)C[C@@H](OC(=O)C(CO)c2ccccc2)C1. The van der Waals surface area contributed by atoms with Gasteiger partial charge in [-0.05, 0) is 38.3 Å². The number of carbonyl (C=O) groups is 1. The van der Waals surface area contributed by atoms with E-state index in [0.29, 0.717) is 9.97 Å². The first-order valence-electron chi connectivity index (χ1n) is 7.81. The Morgan fingerprint density at radius 3 is 2.73 bits per heavy atom. The number of esters is 1. The molecule has 0 spiro atoms. The summed E-state index contributed by atoms with van der Waals surface area (Å²) in [5.74, 6) is -0.913. The lowest BCUT2D eigenvalue weighted by molar-refractivity contribution is -0.152. The van der Waals surface area contributed by atoms with Gasteiger partial charge in [-0.2, -0.15) is 0 Å². The highest BCUT2D eigenvalue weighted by Gasteiger charge is 2.29. The maximum Gasteiger partial charge on any atom is 0.316 e. The zero-order valence-electron chi connectivity index (χ0n) is 12.9. The van der Waals surface area contributed by atoms with Crippen molar-refractivity contribution in [3.05, 3.63) is 35.9 Å². The zero-order chi connectivity index (χ0) is 15.9. The lowest BCUT2D eigenvalue weighted by Crippen LogP contribution is -2.32. The summed E-state index contributed by atoms with van der Waals surface area (Å²) in [4.78, 5) is 12.5. The number of rotatable bonds is 5. The normalized spacial score (nSPS) is 27.0. The highest BCUT2D eigenvalue weighted by molar-refractivity contribution is 14.1. The summed E-state index contributed by atoms with van der Waals surface area (Å²) in [6, 6.07) is 9.73. The third-order valence-corrected chi connectivity index (χ3v) is 5.39. The first kappa shape index (κ1) is 17.7. The zero-order valence-corrected chi connectivity index (χ0v) is 15.0. The lowest BCUT2D eigenvalue weighted by atomic mass is 10.00. The Kier molecular flexibility index (Phi) is 7.11. The third kappa shape index (κ3) is 4.93. The van der Waals surface area contributed by atoms with Gasteiger partial charge in [0.2, 0.25) is 0 Å². The number of ether oxygens (including phenoxy) is 1. The van der Waals surface area contributed by atoms with Gasteiger partial charge in [-0.3, -0.25) is 4.79 Å². The van der Waals surface area contributed by atoms with E-state index in [1.165, 1.54) is 0 Å². The van der Waals surface area contributed by atoms with Gasteiger partial charge < -0.3 is 15.2 Å². The molecule has 1 aromatic carbocycles. The standard InChI is InChI=1S/C17H24INO3/c1-19-14-8-7-13(18)9-15(10-14)22-17(21)16(11-20)12-5-3-2-4-6-12/h2-6,13-16,19-20H,7-11H2,1H3/t13-,14+,15+,16?/m0/s1. The van der Waals surface area contributed by atoms with Gasteiger partial charge >= 0.3 is 5.97 Å². The minimum Gasteiger partial charge on any atom is -0.462 e. The predicted octanol–water partition coefficient (Wildman–Crippen LogP) is 2.64. The average molecular weight is 417 g/mol. The third-order valence-electron chi connectivity index (χ3n) is 4.25. The topological polar surface area (TPSA) is 58.6 Å². The lowest BCUT2D eigenvalue weighted by Gasteiger charge is -2.23. The quantitative estimate of drug-likeness (QED) is 0.335. The molecule has 4 nitrogen and oxygen atoms in total. The second-order valence-corrected chi connectivity index (χ2v) is 7.60. The number of carbonyl (C=O) groups excluding carboxylic acids is 1. The molecule has 0 aromatic heterocycles. The van der Waals surface area contributed by atoms with Crippen molar-refractivity contribution in [1.29, 1.82) is 0 Å². The van der Waals surface area contributed by atoms with E-state index in [1.807, 2.05) is 37.4 Å². The van der Waals surface area contributed by atoms with Crippen molar-refractivity contribution in [2.45, 2.75) is 47.7 Å². The number of alkyl halides is 1. The molecule has 4 atom stereocenters. The molecule has 5 heteroatoms. The molecule has 0 radical (unpaired) electrons. The fourth-order valence-corrected chi connectivity index (χ4v) is 3.85. The Hall–Kier alpha value is -0.660. The molecule has 2 N–H and O–H groups in total. The molecule has 2 rings (SSSR count). The van der Waals surface area contributed by atoms with Crippen LogP contribution in [0.4, 0.5) is 0 Å². The number of nitrogens with one attached hydrogen (secondary N) is 1. The van der Waals surface area contributed by atoms with Crippen molar-refractivity contribution in [3.8, 4) is 0 Å². The smallest absolute Gasteiger partial charge is 0.316 e. The highest BCUT2D eigenvalue weighted by Crippen LogP contribution is 2.27. The van der Waals surface area contributed by atoms with Crippen LogP contribution >= 0.6 is 22.6 Å². The van der Waals surface area contributed by atoms with Crippen LogP contribution in [0.5, 0.6) is 0 Å².